The summed E-state index contributed by atoms with van der Waals surface area (Å²) < 4.78 is 29.6. The molecule has 3 aromatic rings. The Kier molecular flexibility index (Phi) is 6.23. The van der Waals surface area contributed by atoms with E-state index >= 15 is 0 Å². The highest BCUT2D eigenvalue weighted by Gasteiger charge is 2.44. The van der Waals surface area contributed by atoms with Crippen molar-refractivity contribution in [2.45, 2.75) is 44.2 Å². The first kappa shape index (κ1) is 23.0. The number of hydrogen-bond acceptors (Lipinski definition) is 3. The fraction of sp³-hybridized carbons (Fsp3) is 0.222. The smallest absolute Gasteiger partial charge is 0.333 e. The van der Waals surface area contributed by atoms with Gasteiger partial charge in [-0.2, -0.15) is 4.31 Å². The molecular formula is C27H27NO4S. The number of benzene rings is 3. The Morgan fingerprint density at radius 2 is 1.45 bits per heavy atom. The predicted molar refractivity (Wildman–Crippen MR) is 128 cm³/mol. The van der Waals surface area contributed by atoms with Crippen LogP contribution in [0, 0.1) is 20.8 Å². The van der Waals surface area contributed by atoms with Crippen molar-refractivity contribution in [3.05, 3.63) is 112 Å². The quantitative estimate of drug-likeness (QED) is 0.544. The third-order valence-electron chi connectivity index (χ3n) is 6.08. The third kappa shape index (κ3) is 4.49. The maximum Gasteiger partial charge on any atom is 0.333 e. The molecule has 6 heteroatoms. The van der Waals surface area contributed by atoms with Crippen LogP contribution in [-0.2, 0) is 14.8 Å². The summed E-state index contributed by atoms with van der Waals surface area (Å²) in [6.07, 6.45) is 1.94. The van der Waals surface area contributed by atoms with Crippen LogP contribution in [0.3, 0.4) is 0 Å². The van der Waals surface area contributed by atoms with Gasteiger partial charge in [0.05, 0.1) is 22.6 Å². The molecule has 5 nitrogen and oxygen atoms in total. The maximum absolute atomic E-state index is 14.1. The average Bonchev–Trinajstić information content (AvgIpc) is 2.79. The summed E-state index contributed by atoms with van der Waals surface area (Å²) >= 11 is 0. The summed E-state index contributed by atoms with van der Waals surface area (Å²) in [4.78, 5) is 12.4. The van der Waals surface area contributed by atoms with Gasteiger partial charge in [0.15, 0.2) is 0 Å². The zero-order valence-corrected chi connectivity index (χ0v) is 19.7. The van der Waals surface area contributed by atoms with Crippen molar-refractivity contribution in [3.63, 3.8) is 0 Å². The summed E-state index contributed by atoms with van der Waals surface area (Å²) in [5.41, 5.74) is 4.48. The van der Waals surface area contributed by atoms with Crippen LogP contribution in [0.1, 0.15) is 46.3 Å². The fourth-order valence-corrected chi connectivity index (χ4v) is 6.13. The Bertz CT molecular complexity index is 1310. The van der Waals surface area contributed by atoms with E-state index in [1.807, 2.05) is 63.2 Å². The van der Waals surface area contributed by atoms with E-state index < -0.39 is 28.1 Å². The molecule has 0 fully saturated rings. The average molecular weight is 462 g/mol. The van der Waals surface area contributed by atoms with Gasteiger partial charge in [0.1, 0.15) is 0 Å². The Hall–Kier alpha value is -3.22. The molecule has 0 aliphatic carbocycles. The number of carboxylic acid groups (broad SMARTS) is 1. The van der Waals surface area contributed by atoms with Crippen LogP contribution in [0.4, 0.5) is 0 Å². The molecule has 2 atom stereocenters. The molecule has 0 radical (unpaired) electrons. The Labute approximate surface area is 195 Å². The molecule has 0 amide bonds. The highest BCUT2D eigenvalue weighted by Crippen LogP contribution is 2.45. The molecule has 1 aliphatic rings. The lowest BCUT2D eigenvalue weighted by Crippen LogP contribution is -2.42. The standard InChI is InChI=1S/C27H27NO4S/c1-18-7-11-21(12-8-18)25-16-15-24(27(29)30)26(22-6-4-5-20(3)17-22)28(25)33(31,32)23-13-9-19(2)10-14-23/h4-15,17,25-26H,16H2,1-3H3,(H,29,30)/t25-,26-/m0/s1. The molecule has 0 saturated heterocycles. The number of carbonyl (C=O) groups is 1. The van der Waals surface area contributed by atoms with Crippen LogP contribution in [0.25, 0.3) is 0 Å². The third-order valence-corrected chi connectivity index (χ3v) is 7.97. The topological polar surface area (TPSA) is 74.7 Å². The Morgan fingerprint density at radius 1 is 0.848 bits per heavy atom. The number of aryl methyl sites for hydroxylation is 3. The lowest BCUT2D eigenvalue weighted by Gasteiger charge is -2.40. The van der Waals surface area contributed by atoms with Crippen LogP contribution in [0.15, 0.2) is 89.3 Å². The van der Waals surface area contributed by atoms with Crippen molar-refractivity contribution < 1.29 is 18.3 Å². The second kappa shape index (κ2) is 8.96. The summed E-state index contributed by atoms with van der Waals surface area (Å²) in [6, 6.07) is 20.3. The van der Waals surface area contributed by atoms with Gasteiger partial charge in [0, 0.05) is 0 Å². The molecule has 170 valence electrons. The molecule has 4 rings (SSSR count). The van der Waals surface area contributed by atoms with Crippen molar-refractivity contribution in [2.24, 2.45) is 0 Å². The van der Waals surface area contributed by atoms with Gasteiger partial charge < -0.3 is 5.11 Å². The summed E-state index contributed by atoms with van der Waals surface area (Å²) in [5, 5.41) is 10.0. The second-order valence-corrected chi connectivity index (χ2v) is 10.4. The summed E-state index contributed by atoms with van der Waals surface area (Å²) in [7, 11) is -4.03. The van der Waals surface area contributed by atoms with Crippen molar-refractivity contribution in [2.75, 3.05) is 0 Å². The normalized spacial score (nSPS) is 19.2. The van der Waals surface area contributed by atoms with E-state index in [1.54, 1.807) is 36.4 Å². The summed E-state index contributed by atoms with van der Waals surface area (Å²) in [6.45, 7) is 5.78. The molecule has 0 spiro atoms. The predicted octanol–water partition coefficient (Wildman–Crippen LogP) is 5.50. The molecule has 33 heavy (non-hydrogen) atoms. The number of hydrogen-bond donors (Lipinski definition) is 1. The summed E-state index contributed by atoms with van der Waals surface area (Å²) in [5.74, 6) is -1.12. The minimum absolute atomic E-state index is 0.0691. The molecular weight excluding hydrogens is 434 g/mol. The first-order valence-corrected chi connectivity index (χ1v) is 12.3. The van der Waals surface area contributed by atoms with Crippen LogP contribution in [0.5, 0.6) is 0 Å². The maximum atomic E-state index is 14.1. The van der Waals surface area contributed by atoms with E-state index in [4.69, 9.17) is 0 Å². The fourth-order valence-electron chi connectivity index (χ4n) is 4.35. The number of sulfonamides is 1. The van der Waals surface area contributed by atoms with Gasteiger partial charge >= 0.3 is 5.97 Å². The van der Waals surface area contributed by atoms with Crippen LogP contribution in [0.2, 0.25) is 0 Å². The van der Waals surface area contributed by atoms with Gasteiger partial charge in [-0.3, -0.25) is 0 Å². The van der Waals surface area contributed by atoms with Gasteiger partial charge in [-0.1, -0.05) is 83.4 Å². The Morgan fingerprint density at radius 3 is 2.03 bits per heavy atom. The number of rotatable bonds is 5. The molecule has 1 heterocycles. The van der Waals surface area contributed by atoms with Gasteiger partial charge in [-0.25, -0.2) is 13.2 Å². The Balaban J connectivity index is 1.97. The molecule has 1 N–H and O–H groups in total. The number of aliphatic carboxylic acids is 1. The molecule has 0 bridgehead atoms. The molecule has 0 aromatic heterocycles. The number of nitrogens with zero attached hydrogens (tertiary/aromatic N) is 1. The van der Waals surface area contributed by atoms with Crippen molar-refractivity contribution in [3.8, 4) is 0 Å². The first-order chi connectivity index (χ1) is 15.7. The molecule has 1 aliphatic heterocycles. The monoisotopic (exact) mass is 461 g/mol. The molecule has 0 unspecified atom stereocenters. The van der Waals surface area contributed by atoms with E-state index in [0.29, 0.717) is 5.56 Å². The van der Waals surface area contributed by atoms with Gasteiger partial charge in [-0.05, 0) is 50.5 Å². The van der Waals surface area contributed by atoms with E-state index in [-0.39, 0.29) is 16.9 Å². The van der Waals surface area contributed by atoms with Crippen LogP contribution < -0.4 is 0 Å². The van der Waals surface area contributed by atoms with Crippen molar-refractivity contribution >= 4 is 16.0 Å². The van der Waals surface area contributed by atoms with E-state index in [0.717, 1.165) is 22.3 Å². The lowest BCUT2D eigenvalue weighted by molar-refractivity contribution is -0.133. The highest BCUT2D eigenvalue weighted by molar-refractivity contribution is 7.89. The lowest BCUT2D eigenvalue weighted by atomic mass is 9.88. The van der Waals surface area contributed by atoms with Gasteiger partial charge in [-0.15, -0.1) is 0 Å². The van der Waals surface area contributed by atoms with E-state index in [2.05, 4.69) is 0 Å². The zero-order chi connectivity index (χ0) is 23.8. The second-order valence-electron chi connectivity index (χ2n) is 8.59. The van der Waals surface area contributed by atoms with Gasteiger partial charge in [0.25, 0.3) is 0 Å². The van der Waals surface area contributed by atoms with E-state index in [9.17, 15) is 18.3 Å². The van der Waals surface area contributed by atoms with Crippen molar-refractivity contribution in [1.29, 1.82) is 0 Å². The zero-order valence-electron chi connectivity index (χ0n) is 18.9. The van der Waals surface area contributed by atoms with Crippen molar-refractivity contribution in [1.82, 2.24) is 4.31 Å². The SMILES string of the molecule is Cc1ccc([C@@H]2CC=C(C(=O)O)[C@H](c3cccc(C)c3)N2S(=O)(=O)c2ccc(C)cc2)cc1. The minimum Gasteiger partial charge on any atom is -0.478 e. The van der Waals surface area contributed by atoms with Crippen LogP contribution in [-0.4, -0.2) is 23.8 Å². The van der Waals surface area contributed by atoms with E-state index in [1.165, 1.54) is 4.31 Å². The van der Waals surface area contributed by atoms with Crippen LogP contribution >= 0.6 is 0 Å². The number of carboxylic acids is 1. The first-order valence-electron chi connectivity index (χ1n) is 10.8. The molecule has 3 aromatic carbocycles. The largest absolute Gasteiger partial charge is 0.478 e. The molecule has 0 saturated carbocycles. The minimum atomic E-state index is -4.03. The highest BCUT2D eigenvalue weighted by atomic mass is 32.2. The van der Waals surface area contributed by atoms with Gasteiger partial charge in [0.2, 0.25) is 10.0 Å².